The first-order valence-corrected chi connectivity index (χ1v) is 6.73. The van der Waals surface area contributed by atoms with Crippen molar-refractivity contribution < 1.29 is 0 Å². The van der Waals surface area contributed by atoms with Crippen LogP contribution in [-0.2, 0) is 13.0 Å². The first-order chi connectivity index (χ1) is 8.72. The molecule has 0 fully saturated rings. The van der Waals surface area contributed by atoms with E-state index in [0.29, 0.717) is 23.3 Å². The number of nitrogens with zero attached hydrogens (tertiary/aromatic N) is 2. The summed E-state index contributed by atoms with van der Waals surface area (Å²) in [6.07, 6.45) is 2.57. The largest absolute Gasteiger partial charge is 0.364 e. The van der Waals surface area contributed by atoms with Crippen LogP contribution < -0.4 is 16.6 Å². The third-order valence-corrected chi connectivity index (χ3v) is 3.88. The maximum Gasteiger partial charge on any atom is 0.239 e. The lowest BCUT2D eigenvalue weighted by molar-refractivity contribution is 1.08. The Kier molecular flexibility index (Phi) is 4.35. The Morgan fingerprint density at radius 3 is 2.83 bits per heavy atom. The monoisotopic (exact) mass is 283 g/mol. The molecular weight excluding hydrogens is 270 g/mol. The molecule has 2 rings (SSSR count). The standard InChI is InChI=1S/C11H14ClN5S/c1-2-7-3-4-8(18-7)5-14-10-9(12)6-15-11(16-10)17-13/h3-4,6H,2,5,13H2,1H3,(H2,14,15,16,17). The molecule has 2 heterocycles. The minimum atomic E-state index is 0.335. The van der Waals surface area contributed by atoms with E-state index in [1.807, 2.05) is 0 Å². The molecule has 0 unspecified atom stereocenters. The molecule has 0 amide bonds. The SMILES string of the molecule is CCc1ccc(CNc2nc(NN)ncc2Cl)s1. The Labute approximate surface area is 114 Å². The lowest BCUT2D eigenvalue weighted by Gasteiger charge is -2.07. The Morgan fingerprint density at radius 1 is 1.39 bits per heavy atom. The lowest BCUT2D eigenvalue weighted by atomic mass is 10.3. The van der Waals surface area contributed by atoms with Crippen molar-refractivity contribution in [3.8, 4) is 0 Å². The number of halogens is 1. The first kappa shape index (κ1) is 13.1. The van der Waals surface area contributed by atoms with E-state index in [4.69, 9.17) is 17.4 Å². The van der Waals surface area contributed by atoms with Crippen molar-refractivity contribution in [1.29, 1.82) is 0 Å². The summed E-state index contributed by atoms with van der Waals surface area (Å²) in [4.78, 5) is 10.7. The Bertz CT molecular complexity index is 528. The Hall–Kier alpha value is -1.37. The van der Waals surface area contributed by atoms with Gasteiger partial charge >= 0.3 is 0 Å². The molecule has 0 aliphatic rings. The van der Waals surface area contributed by atoms with Crippen molar-refractivity contribution in [2.45, 2.75) is 19.9 Å². The molecule has 0 aliphatic carbocycles. The summed E-state index contributed by atoms with van der Waals surface area (Å²) in [7, 11) is 0. The number of hydrazine groups is 1. The summed E-state index contributed by atoms with van der Waals surface area (Å²) >= 11 is 7.78. The summed E-state index contributed by atoms with van der Waals surface area (Å²) in [5, 5.41) is 3.65. The smallest absolute Gasteiger partial charge is 0.239 e. The molecule has 5 nitrogen and oxygen atoms in total. The van der Waals surface area contributed by atoms with E-state index in [-0.39, 0.29) is 0 Å². The van der Waals surface area contributed by atoms with Crippen LogP contribution in [0, 0.1) is 0 Å². The Balaban J connectivity index is 2.05. The summed E-state index contributed by atoms with van der Waals surface area (Å²) in [6, 6.07) is 4.24. The zero-order valence-electron chi connectivity index (χ0n) is 9.90. The molecule has 0 atom stereocenters. The van der Waals surface area contributed by atoms with Crippen LogP contribution in [0.4, 0.5) is 11.8 Å². The summed E-state index contributed by atoms with van der Waals surface area (Å²) in [6.45, 7) is 2.83. The molecule has 0 aromatic carbocycles. The fourth-order valence-electron chi connectivity index (χ4n) is 1.44. The van der Waals surface area contributed by atoms with Crippen molar-refractivity contribution in [1.82, 2.24) is 9.97 Å². The summed E-state index contributed by atoms with van der Waals surface area (Å²) in [5.74, 6) is 6.16. The molecule has 0 aliphatic heterocycles. The van der Waals surface area contributed by atoms with Gasteiger partial charge in [-0.2, -0.15) is 4.98 Å². The molecule has 96 valence electrons. The first-order valence-electron chi connectivity index (χ1n) is 5.53. The fourth-order valence-corrected chi connectivity index (χ4v) is 2.49. The van der Waals surface area contributed by atoms with Crippen molar-refractivity contribution in [3.63, 3.8) is 0 Å². The molecule has 0 bridgehead atoms. The van der Waals surface area contributed by atoms with E-state index < -0.39 is 0 Å². The fraction of sp³-hybridized carbons (Fsp3) is 0.273. The molecule has 0 saturated heterocycles. The predicted octanol–water partition coefficient (Wildman–Crippen LogP) is 2.65. The second-order valence-electron chi connectivity index (χ2n) is 3.61. The van der Waals surface area contributed by atoms with Gasteiger partial charge in [0.05, 0.1) is 12.7 Å². The number of nitrogens with two attached hydrogens (primary N) is 1. The van der Waals surface area contributed by atoms with E-state index in [9.17, 15) is 0 Å². The van der Waals surface area contributed by atoms with Crippen molar-refractivity contribution in [2.75, 3.05) is 10.7 Å². The van der Waals surface area contributed by atoms with Crippen LogP contribution in [0.3, 0.4) is 0 Å². The third-order valence-electron chi connectivity index (χ3n) is 2.37. The van der Waals surface area contributed by atoms with Gasteiger partial charge < -0.3 is 5.32 Å². The van der Waals surface area contributed by atoms with Gasteiger partial charge in [0.25, 0.3) is 0 Å². The maximum atomic E-state index is 6.00. The van der Waals surface area contributed by atoms with Crippen molar-refractivity contribution in [3.05, 3.63) is 33.1 Å². The average molecular weight is 284 g/mol. The number of nitrogen functional groups attached to an aromatic ring is 1. The molecule has 2 aromatic rings. The van der Waals surface area contributed by atoms with Crippen LogP contribution >= 0.6 is 22.9 Å². The van der Waals surface area contributed by atoms with E-state index in [1.165, 1.54) is 16.0 Å². The van der Waals surface area contributed by atoms with Crippen LogP contribution in [-0.4, -0.2) is 9.97 Å². The highest BCUT2D eigenvalue weighted by Gasteiger charge is 2.05. The molecule has 4 N–H and O–H groups in total. The molecule has 18 heavy (non-hydrogen) atoms. The van der Waals surface area contributed by atoms with Crippen LogP contribution in [0.25, 0.3) is 0 Å². The molecule has 0 saturated carbocycles. The average Bonchev–Trinajstić information content (AvgIpc) is 2.86. The van der Waals surface area contributed by atoms with Crippen LogP contribution in [0.5, 0.6) is 0 Å². The molecular formula is C11H14ClN5S. The van der Waals surface area contributed by atoms with Crippen LogP contribution in [0.15, 0.2) is 18.3 Å². The number of anilines is 2. The van der Waals surface area contributed by atoms with Crippen molar-refractivity contribution in [2.24, 2.45) is 5.84 Å². The molecule has 2 aromatic heterocycles. The van der Waals surface area contributed by atoms with Gasteiger partial charge in [0.1, 0.15) is 5.02 Å². The van der Waals surface area contributed by atoms with Gasteiger partial charge in [0.2, 0.25) is 5.95 Å². The summed E-state index contributed by atoms with van der Waals surface area (Å²) in [5.41, 5.74) is 2.39. The van der Waals surface area contributed by atoms with Gasteiger partial charge in [-0.3, -0.25) is 5.43 Å². The number of aromatic nitrogens is 2. The molecule has 0 spiro atoms. The van der Waals surface area contributed by atoms with Gasteiger partial charge in [-0.15, -0.1) is 11.3 Å². The number of hydrogen-bond donors (Lipinski definition) is 3. The van der Waals surface area contributed by atoms with E-state index in [0.717, 1.165) is 6.42 Å². The van der Waals surface area contributed by atoms with Gasteiger partial charge in [-0.05, 0) is 18.6 Å². The zero-order chi connectivity index (χ0) is 13.0. The van der Waals surface area contributed by atoms with E-state index >= 15 is 0 Å². The minimum absolute atomic E-state index is 0.335. The number of aryl methyl sites for hydroxylation is 1. The lowest BCUT2D eigenvalue weighted by Crippen LogP contribution is -2.12. The summed E-state index contributed by atoms with van der Waals surface area (Å²) < 4.78 is 0. The molecule has 7 heteroatoms. The van der Waals surface area contributed by atoms with E-state index in [1.54, 1.807) is 11.3 Å². The Morgan fingerprint density at radius 2 is 2.17 bits per heavy atom. The number of hydrogen-bond acceptors (Lipinski definition) is 6. The van der Waals surface area contributed by atoms with Crippen LogP contribution in [0.2, 0.25) is 5.02 Å². The highest BCUT2D eigenvalue weighted by molar-refractivity contribution is 7.12. The van der Waals surface area contributed by atoms with Gasteiger partial charge in [0.15, 0.2) is 5.82 Å². The van der Waals surface area contributed by atoms with Crippen molar-refractivity contribution >= 4 is 34.7 Å². The second-order valence-corrected chi connectivity index (χ2v) is 5.27. The van der Waals surface area contributed by atoms with E-state index in [2.05, 4.69) is 39.8 Å². The van der Waals surface area contributed by atoms with Gasteiger partial charge in [-0.25, -0.2) is 10.8 Å². The van der Waals surface area contributed by atoms with Crippen LogP contribution in [0.1, 0.15) is 16.7 Å². The zero-order valence-corrected chi connectivity index (χ0v) is 11.5. The number of thiophene rings is 1. The quantitative estimate of drug-likeness (QED) is 0.581. The number of rotatable bonds is 5. The number of nitrogens with one attached hydrogen (secondary N) is 2. The second kappa shape index (κ2) is 5.99. The predicted molar refractivity (Wildman–Crippen MR) is 75.9 cm³/mol. The highest BCUT2D eigenvalue weighted by Crippen LogP contribution is 2.22. The topological polar surface area (TPSA) is 75.9 Å². The third kappa shape index (κ3) is 3.10. The normalized spacial score (nSPS) is 10.4. The highest BCUT2D eigenvalue weighted by atomic mass is 35.5. The molecule has 0 radical (unpaired) electrons. The minimum Gasteiger partial charge on any atom is -0.364 e. The van der Waals surface area contributed by atoms with Gasteiger partial charge in [-0.1, -0.05) is 18.5 Å². The van der Waals surface area contributed by atoms with Gasteiger partial charge in [0, 0.05) is 9.75 Å². The maximum absolute atomic E-state index is 6.00.